The second-order valence-electron chi connectivity index (χ2n) is 9.06. The van der Waals surface area contributed by atoms with E-state index < -0.39 is 43.7 Å². The average molecular weight is 560 g/mol. The van der Waals surface area contributed by atoms with Gasteiger partial charge in [-0.15, -0.1) is 12.6 Å². The standard InChI is InChI=1S/C23H34N3O7PS2/c1-13(2)31-22(28)16(5)25-34(29,33-17-9-7-6-8-10-17)30-12-18-19(27)15(4)21(32-18)26-11-14(3)20(35)24-23(26)36/h6-11,13,15-16,18-19,21,23,27,36H,12H2,1-5H3,(H,24,35)(H,25,29)/t15?,16-,18-,19-,21-,23?,34?/m0/s1. The molecule has 0 aliphatic carbocycles. The van der Waals surface area contributed by atoms with Gasteiger partial charge in [-0.1, -0.05) is 37.3 Å². The lowest BCUT2D eigenvalue weighted by molar-refractivity contribution is -0.149. The van der Waals surface area contributed by atoms with Gasteiger partial charge in [0.15, 0.2) is 0 Å². The third-order valence-electron chi connectivity index (χ3n) is 5.66. The zero-order valence-corrected chi connectivity index (χ0v) is 23.5. The summed E-state index contributed by atoms with van der Waals surface area (Å²) in [5.41, 5.74) is 0.398. The second kappa shape index (κ2) is 12.3. The van der Waals surface area contributed by atoms with Gasteiger partial charge in [-0.05, 0) is 45.4 Å². The summed E-state index contributed by atoms with van der Waals surface area (Å²) in [6.45, 7) is 8.39. The number of carbonyl (C=O) groups excluding carboxylic acids is 1. The fourth-order valence-electron chi connectivity index (χ4n) is 3.75. The first-order valence-electron chi connectivity index (χ1n) is 11.7. The first-order valence-corrected chi connectivity index (χ1v) is 14.1. The van der Waals surface area contributed by atoms with E-state index in [-0.39, 0.29) is 24.4 Å². The van der Waals surface area contributed by atoms with Crippen molar-refractivity contribution in [3.63, 3.8) is 0 Å². The van der Waals surface area contributed by atoms with E-state index in [4.69, 9.17) is 30.7 Å². The SMILES string of the molecule is CC1=CN([C@H]2O[C@@H](COP(=O)(N[C@@H](C)C(=O)OC(C)C)Oc3ccccc3)[C@@H](O)C2C)C(S)NC1=S. The van der Waals surface area contributed by atoms with E-state index in [1.165, 1.54) is 6.92 Å². The van der Waals surface area contributed by atoms with Crippen LogP contribution < -0.4 is 14.9 Å². The molecule has 0 saturated carbocycles. The Kier molecular flexibility index (Phi) is 9.84. The Bertz CT molecular complexity index is 1010. The van der Waals surface area contributed by atoms with Gasteiger partial charge in [0.2, 0.25) is 0 Å². The van der Waals surface area contributed by atoms with Crippen LogP contribution in [0.3, 0.4) is 0 Å². The van der Waals surface area contributed by atoms with Crippen LogP contribution in [-0.4, -0.2) is 63.7 Å². The van der Waals surface area contributed by atoms with E-state index in [9.17, 15) is 14.5 Å². The van der Waals surface area contributed by atoms with Crippen molar-refractivity contribution in [1.29, 1.82) is 0 Å². The number of nitrogens with one attached hydrogen (secondary N) is 2. The molecule has 13 heteroatoms. The Labute approximate surface area is 222 Å². The van der Waals surface area contributed by atoms with Crippen molar-refractivity contribution in [1.82, 2.24) is 15.3 Å². The monoisotopic (exact) mass is 559 g/mol. The lowest BCUT2D eigenvalue weighted by Gasteiger charge is -2.38. The minimum atomic E-state index is -4.09. The number of esters is 1. The van der Waals surface area contributed by atoms with Crippen LogP contribution in [0.1, 0.15) is 34.6 Å². The summed E-state index contributed by atoms with van der Waals surface area (Å²) in [6.07, 6.45) is -0.790. The molecule has 200 valence electrons. The zero-order chi connectivity index (χ0) is 26.6. The lowest BCUT2D eigenvalue weighted by atomic mass is 10.0. The van der Waals surface area contributed by atoms with Crippen molar-refractivity contribution in [3.8, 4) is 5.75 Å². The Balaban J connectivity index is 1.73. The number of benzene rings is 1. The topological polar surface area (TPSA) is 119 Å². The number of nitrogens with zero attached hydrogens (tertiary/aromatic N) is 1. The number of thiol groups is 1. The normalized spacial score (nSPS) is 28.8. The average Bonchev–Trinajstić information content (AvgIpc) is 3.08. The number of rotatable bonds is 10. The summed E-state index contributed by atoms with van der Waals surface area (Å²) >= 11 is 9.81. The van der Waals surface area contributed by atoms with Crippen LogP contribution in [-0.2, 0) is 23.4 Å². The summed E-state index contributed by atoms with van der Waals surface area (Å²) in [5, 5.41) is 16.6. The van der Waals surface area contributed by atoms with Crippen molar-refractivity contribution in [2.45, 2.75) is 70.7 Å². The summed E-state index contributed by atoms with van der Waals surface area (Å²) < 4.78 is 36.3. The van der Waals surface area contributed by atoms with E-state index >= 15 is 0 Å². The molecule has 3 unspecified atom stereocenters. The molecule has 0 spiro atoms. The van der Waals surface area contributed by atoms with Gasteiger partial charge in [-0.3, -0.25) is 9.32 Å². The molecule has 1 fully saturated rings. The molecule has 36 heavy (non-hydrogen) atoms. The van der Waals surface area contributed by atoms with Gasteiger partial charge in [0.25, 0.3) is 0 Å². The first kappa shape index (κ1) is 28.9. The molecule has 0 amide bonds. The minimum Gasteiger partial charge on any atom is -0.462 e. The maximum absolute atomic E-state index is 13.7. The van der Waals surface area contributed by atoms with Crippen molar-refractivity contribution in [3.05, 3.63) is 42.1 Å². The van der Waals surface area contributed by atoms with Gasteiger partial charge in [-0.2, -0.15) is 5.09 Å². The number of hydrogen-bond acceptors (Lipinski definition) is 10. The van der Waals surface area contributed by atoms with Gasteiger partial charge in [-0.25, -0.2) is 4.57 Å². The van der Waals surface area contributed by atoms with Crippen LogP contribution >= 0.6 is 32.6 Å². The number of aliphatic hydroxyl groups excluding tert-OH is 1. The van der Waals surface area contributed by atoms with Crippen LogP contribution in [0, 0.1) is 5.92 Å². The summed E-state index contributed by atoms with van der Waals surface area (Å²) in [7, 11) is -4.09. The number of carbonyl (C=O) groups is 1. The van der Waals surface area contributed by atoms with Gasteiger partial charge in [0, 0.05) is 12.1 Å². The number of aliphatic hydroxyl groups is 1. The molecule has 1 aromatic rings. The van der Waals surface area contributed by atoms with E-state index in [0.717, 1.165) is 5.57 Å². The predicted molar refractivity (Wildman–Crippen MR) is 142 cm³/mol. The van der Waals surface area contributed by atoms with Gasteiger partial charge < -0.3 is 29.3 Å². The fraction of sp³-hybridized carbons (Fsp3) is 0.565. The Morgan fingerprint density at radius 2 is 2.00 bits per heavy atom. The lowest BCUT2D eigenvalue weighted by Crippen LogP contribution is -2.51. The van der Waals surface area contributed by atoms with Gasteiger partial charge in [0.05, 0.1) is 18.8 Å². The molecule has 0 bridgehead atoms. The maximum Gasteiger partial charge on any atom is 0.459 e. The molecular formula is C23H34N3O7PS2. The highest BCUT2D eigenvalue weighted by Gasteiger charge is 2.46. The second-order valence-corrected chi connectivity index (χ2v) is 11.6. The predicted octanol–water partition coefficient (Wildman–Crippen LogP) is 3.19. The van der Waals surface area contributed by atoms with E-state index in [2.05, 4.69) is 23.0 Å². The molecule has 1 saturated heterocycles. The van der Waals surface area contributed by atoms with Crippen molar-refractivity contribution in [2.75, 3.05) is 6.61 Å². The molecular weight excluding hydrogens is 525 g/mol. The maximum atomic E-state index is 13.7. The molecule has 3 rings (SSSR count). The number of ether oxygens (including phenoxy) is 2. The molecule has 0 aromatic heterocycles. The van der Waals surface area contributed by atoms with Gasteiger partial charge >= 0.3 is 13.7 Å². The highest BCUT2D eigenvalue weighted by molar-refractivity contribution is 7.82. The summed E-state index contributed by atoms with van der Waals surface area (Å²) in [6, 6.07) is 7.46. The van der Waals surface area contributed by atoms with Crippen LogP contribution in [0.15, 0.2) is 42.1 Å². The number of thiocarbonyl (C=S) groups is 1. The van der Waals surface area contributed by atoms with Crippen LogP contribution in [0.2, 0.25) is 0 Å². The van der Waals surface area contributed by atoms with Crippen molar-refractivity contribution >= 4 is 43.6 Å². The van der Waals surface area contributed by atoms with Crippen LogP contribution in [0.4, 0.5) is 0 Å². The molecule has 2 aliphatic rings. The van der Waals surface area contributed by atoms with Crippen LogP contribution in [0.25, 0.3) is 0 Å². The van der Waals surface area contributed by atoms with Crippen molar-refractivity contribution < 1.29 is 33.0 Å². The summed E-state index contributed by atoms with van der Waals surface area (Å²) in [4.78, 5) is 14.7. The zero-order valence-electron chi connectivity index (χ0n) is 20.9. The van der Waals surface area contributed by atoms with Gasteiger partial charge in [0.1, 0.15) is 34.6 Å². The smallest absolute Gasteiger partial charge is 0.459 e. The molecule has 7 atom stereocenters. The Hall–Kier alpha value is -1.66. The van der Waals surface area contributed by atoms with Crippen molar-refractivity contribution in [2.24, 2.45) is 5.92 Å². The summed E-state index contributed by atoms with van der Waals surface area (Å²) in [5.74, 6) is -0.646. The van der Waals surface area contributed by atoms with E-state index in [1.807, 2.05) is 24.9 Å². The Morgan fingerprint density at radius 3 is 2.64 bits per heavy atom. The molecule has 0 radical (unpaired) electrons. The third kappa shape index (κ3) is 7.22. The minimum absolute atomic E-state index is 0.259. The molecule has 1 aromatic carbocycles. The largest absolute Gasteiger partial charge is 0.462 e. The third-order valence-corrected chi connectivity index (χ3v) is 8.13. The molecule has 2 heterocycles. The highest BCUT2D eigenvalue weighted by Crippen LogP contribution is 2.46. The van der Waals surface area contributed by atoms with Crippen LogP contribution in [0.5, 0.6) is 5.75 Å². The first-order chi connectivity index (χ1) is 16.9. The highest BCUT2D eigenvalue weighted by atomic mass is 32.1. The number of hydrogen-bond donors (Lipinski definition) is 4. The number of para-hydroxylation sites is 1. The molecule has 2 aliphatic heterocycles. The fourth-order valence-corrected chi connectivity index (χ4v) is 5.83. The molecule has 3 N–H and O–H groups in total. The Morgan fingerprint density at radius 1 is 1.33 bits per heavy atom. The van der Waals surface area contributed by atoms with E-state index in [0.29, 0.717) is 4.99 Å². The van der Waals surface area contributed by atoms with E-state index in [1.54, 1.807) is 44.2 Å². The molecule has 10 nitrogen and oxygen atoms in total. The quantitative estimate of drug-likeness (QED) is 0.147.